The first kappa shape index (κ1) is 17.0. The minimum Gasteiger partial charge on any atom is -0.371 e. The maximum Gasteiger partial charge on any atom is 0.133 e. The van der Waals surface area contributed by atoms with Gasteiger partial charge in [0, 0.05) is 43.0 Å². The lowest BCUT2D eigenvalue weighted by molar-refractivity contribution is -0.0330. The Morgan fingerprint density at radius 1 is 1.19 bits per heavy atom. The van der Waals surface area contributed by atoms with Crippen LogP contribution in [0.1, 0.15) is 37.5 Å². The van der Waals surface area contributed by atoms with Crippen molar-refractivity contribution in [2.24, 2.45) is 5.92 Å². The van der Waals surface area contributed by atoms with E-state index in [1.54, 1.807) is 0 Å². The highest BCUT2D eigenvalue weighted by atomic mass is 16.5. The fraction of sp³-hybridized carbons (Fsp3) is 0.435. The van der Waals surface area contributed by atoms with E-state index in [4.69, 9.17) is 9.72 Å². The summed E-state index contributed by atoms with van der Waals surface area (Å²) in [5, 5.41) is 0. The highest BCUT2D eigenvalue weighted by Crippen LogP contribution is 2.56. The maximum atomic E-state index is 6.06. The highest BCUT2D eigenvalue weighted by molar-refractivity contribution is 5.58. The van der Waals surface area contributed by atoms with Crippen molar-refractivity contribution in [3.63, 3.8) is 0 Å². The van der Waals surface area contributed by atoms with Crippen molar-refractivity contribution in [3.05, 3.63) is 71.6 Å². The Hall–Kier alpha value is -2.17. The second-order valence-corrected chi connectivity index (χ2v) is 8.34. The second-order valence-electron chi connectivity index (χ2n) is 8.34. The molecule has 140 valence electrons. The summed E-state index contributed by atoms with van der Waals surface area (Å²) in [6, 6.07) is 15.0. The van der Waals surface area contributed by atoms with Crippen molar-refractivity contribution in [1.29, 1.82) is 0 Å². The Kier molecular flexibility index (Phi) is 4.06. The lowest BCUT2D eigenvalue weighted by Crippen LogP contribution is -2.38. The minimum atomic E-state index is 0.100. The zero-order valence-corrected chi connectivity index (χ0v) is 16.1. The Balaban J connectivity index is 1.28. The van der Waals surface area contributed by atoms with Crippen molar-refractivity contribution in [2.75, 3.05) is 24.6 Å². The van der Waals surface area contributed by atoms with Crippen LogP contribution in [0.2, 0.25) is 0 Å². The van der Waals surface area contributed by atoms with Gasteiger partial charge in [-0.3, -0.25) is 4.90 Å². The van der Waals surface area contributed by atoms with Gasteiger partial charge in [0.05, 0.1) is 18.2 Å². The molecule has 2 aromatic rings. The average Bonchev–Trinajstić information content (AvgIpc) is 3.25. The second kappa shape index (κ2) is 6.47. The standard InChI is InChI=1S/C23H27N3O/c1-17-12-20-13-23(20,2)26(17)22-9-8-19(14-24-22)21-16-25(10-11-27-21)15-18-6-4-3-5-7-18/h3-9,12,14,20-21H,10-11,13,15-16H2,1-2H3/t20?,21-,23?/m0/s1. The van der Waals surface area contributed by atoms with Gasteiger partial charge in [0.25, 0.3) is 0 Å². The SMILES string of the molecule is CC1=CC2CC2(C)N1c1ccc([C@@H]2CN(Cc3ccccc3)CCO2)cn1. The van der Waals surface area contributed by atoms with Crippen molar-refractivity contribution < 1.29 is 4.74 Å². The first-order chi connectivity index (χ1) is 13.1. The number of rotatable bonds is 4. The van der Waals surface area contributed by atoms with Gasteiger partial charge in [-0.05, 0) is 31.9 Å². The van der Waals surface area contributed by atoms with Crippen molar-refractivity contribution in [3.8, 4) is 0 Å². The van der Waals surface area contributed by atoms with Crippen LogP contribution in [0.25, 0.3) is 0 Å². The number of pyridine rings is 1. The summed E-state index contributed by atoms with van der Waals surface area (Å²) in [4.78, 5) is 9.68. The number of morpholine rings is 1. The minimum absolute atomic E-state index is 0.100. The molecule has 0 bridgehead atoms. The van der Waals surface area contributed by atoms with Gasteiger partial charge in [0.2, 0.25) is 0 Å². The molecule has 1 aromatic carbocycles. The van der Waals surface area contributed by atoms with Crippen LogP contribution in [0.5, 0.6) is 0 Å². The summed E-state index contributed by atoms with van der Waals surface area (Å²) in [6.07, 6.45) is 5.75. The van der Waals surface area contributed by atoms with Crippen molar-refractivity contribution >= 4 is 5.82 Å². The van der Waals surface area contributed by atoms with Gasteiger partial charge in [0.1, 0.15) is 5.82 Å². The number of hydrogen-bond acceptors (Lipinski definition) is 4. The van der Waals surface area contributed by atoms with E-state index in [1.165, 1.54) is 23.2 Å². The molecular formula is C23H27N3O. The van der Waals surface area contributed by atoms with Gasteiger partial charge in [-0.2, -0.15) is 0 Å². The fourth-order valence-electron chi connectivity index (χ4n) is 4.70. The molecule has 0 radical (unpaired) electrons. The Labute approximate surface area is 161 Å². The van der Waals surface area contributed by atoms with E-state index >= 15 is 0 Å². The van der Waals surface area contributed by atoms with E-state index in [0.717, 1.165) is 32.1 Å². The van der Waals surface area contributed by atoms with Crippen molar-refractivity contribution in [1.82, 2.24) is 9.88 Å². The molecule has 0 amide bonds. The lowest BCUT2D eigenvalue weighted by atomic mass is 10.1. The van der Waals surface area contributed by atoms with E-state index in [0.29, 0.717) is 5.92 Å². The summed E-state index contributed by atoms with van der Waals surface area (Å²) in [5.41, 5.74) is 4.12. The van der Waals surface area contributed by atoms with E-state index in [-0.39, 0.29) is 11.6 Å². The van der Waals surface area contributed by atoms with E-state index in [9.17, 15) is 0 Å². The molecule has 4 heteroatoms. The van der Waals surface area contributed by atoms with Crippen LogP contribution in [0.15, 0.2) is 60.4 Å². The first-order valence-corrected chi connectivity index (χ1v) is 9.96. The molecule has 3 heterocycles. The maximum absolute atomic E-state index is 6.06. The van der Waals surface area contributed by atoms with E-state index in [2.05, 4.69) is 72.2 Å². The lowest BCUT2D eigenvalue weighted by Gasteiger charge is -2.33. The molecule has 5 rings (SSSR count). The summed E-state index contributed by atoms with van der Waals surface area (Å²) in [5.74, 6) is 1.76. The summed E-state index contributed by atoms with van der Waals surface area (Å²) in [7, 11) is 0. The topological polar surface area (TPSA) is 28.6 Å². The van der Waals surface area contributed by atoms with E-state index in [1.807, 2.05) is 6.20 Å². The molecule has 0 N–H and O–H groups in total. The number of benzene rings is 1. The third-order valence-electron chi connectivity index (χ3n) is 6.35. The zero-order valence-electron chi connectivity index (χ0n) is 16.1. The smallest absolute Gasteiger partial charge is 0.133 e. The molecule has 1 saturated carbocycles. The van der Waals surface area contributed by atoms with Gasteiger partial charge in [0.15, 0.2) is 0 Å². The molecule has 1 aromatic heterocycles. The van der Waals surface area contributed by atoms with Crippen LogP contribution in [-0.2, 0) is 11.3 Å². The first-order valence-electron chi connectivity index (χ1n) is 9.96. The Bertz CT molecular complexity index is 848. The van der Waals surface area contributed by atoms with Crippen LogP contribution in [0, 0.1) is 5.92 Å². The third kappa shape index (κ3) is 3.07. The molecule has 1 aliphatic carbocycles. The van der Waals surface area contributed by atoms with Crippen molar-refractivity contribution in [2.45, 2.75) is 38.5 Å². The predicted octanol–water partition coefficient (Wildman–Crippen LogP) is 4.16. The number of anilines is 1. The van der Waals surface area contributed by atoms with Gasteiger partial charge >= 0.3 is 0 Å². The molecule has 2 unspecified atom stereocenters. The van der Waals surface area contributed by atoms with Gasteiger partial charge in [-0.15, -0.1) is 0 Å². The third-order valence-corrected chi connectivity index (χ3v) is 6.35. The molecular weight excluding hydrogens is 334 g/mol. The quantitative estimate of drug-likeness (QED) is 0.818. The number of aromatic nitrogens is 1. The average molecular weight is 361 g/mol. The fourth-order valence-corrected chi connectivity index (χ4v) is 4.70. The highest BCUT2D eigenvalue weighted by Gasteiger charge is 2.58. The van der Waals surface area contributed by atoms with Crippen LogP contribution >= 0.6 is 0 Å². The number of fused-ring (bicyclic) bond motifs is 1. The van der Waals surface area contributed by atoms with Crippen LogP contribution in [-0.4, -0.2) is 35.1 Å². The molecule has 2 aliphatic heterocycles. The Morgan fingerprint density at radius 2 is 2.04 bits per heavy atom. The summed E-state index contributed by atoms with van der Waals surface area (Å²) in [6.45, 7) is 8.17. The normalized spacial score (nSPS) is 30.1. The van der Waals surface area contributed by atoms with E-state index < -0.39 is 0 Å². The summed E-state index contributed by atoms with van der Waals surface area (Å²) >= 11 is 0. The van der Waals surface area contributed by atoms with Gasteiger partial charge in [-0.1, -0.05) is 42.5 Å². The largest absolute Gasteiger partial charge is 0.371 e. The monoisotopic (exact) mass is 361 g/mol. The number of allylic oxidation sites excluding steroid dienone is 1. The molecule has 2 fully saturated rings. The van der Waals surface area contributed by atoms with Gasteiger partial charge in [-0.25, -0.2) is 4.98 Å². The molecule has 3 atom stereocenters. The molecule has 0 spiro atoms. The molecule has 4 nitrogen and oxygen atoms in total. The number of nitrogens with zero attached hydrogens (tertiary/aromatic N) is 3. The molecule has 27 heavy (non-hydrogen) atoms. The summed E-state index contributed by atoms with van der Waals surface area (Å²) < 4.78 is 6.06. The van der Waals surface area contributed by atoms with Crippen LogP contribution < -0.4 is 4.90 Å². The predicted molar refractivity (Wildman–Crippen MR) is 107 cm³/mol. The Morgan fingerprint density at radius 3 is 2.74 bits per heavy atom. The van der Waals surface area contributed by atoms with Crippen LogP contribution in [0.3, 0.4) is 0 Å². The van der Waals surface area contributed by atoms with Gasteiger partial charge < -0.3 is 9.64 Å². The number of hydrogen-bond donors (Lipinski definition) is 0. The zero-order chi connectivity index (χ0) is 18.4. The molecule has 1 saturated heterocycles. The number of ether oxygens (including phenoxy) is 1. The van der Waals surface area contributed by atoms with Crippen LogP contribution in [0.4, 0.5) is 5.82 Å². The molecule has 3 aliphatic rings.